The number of halogens is 1. The molecular formula is C19H23Br. The van der Waals surface area contributed by atoms with Crippen molar-refractivity contribution < 1.29 is 0 Å². The lowest BCUT2D eigenvalue weighted by Crippen LogP contribution is -2.00. The summed E-state index contributed by atoms with van der Waals surface area (Å²) in [5, 5.41) is 0. The summed E-state index contributed by atoms with van der Waals surface area (Å²) in [5.74, 6) is 0.637. The zero-order valence-corrected chi connectivity index (χ0v) is 14.4. The van der Waals surface area contributed by atoms with E-state index in [0.717, 1.165) is 0 Å². The van der Waals surface area contributed by atoms with Gasteiger partial charge in [0, 0.05) is 0 Å². The maximum atomic E-state index is 3.87. The normalized spacial score (nSPS) is 14.1. The molecule has 20 heavy (non-hydrogen) atoms. The molecule has 2 aromatic rings. The van der Waals surface area contributed by atoms with E-state index >= 15 is 0 Å². The van der Waals surface area contributed by atoms with Crippen molar-refractivity contribution in [2.75, 3.05) is 0 Å². The summed E-state index contributed by atoms with van der Waals surface area (Å²) in [6, 6.07) is 15.5. The molecule has 0 amide bonds. The zero-order valence-electron chi connectivity index (χ0n) is 12.8. The van der Waals surface area contributed by atoms with E-state index < -0.39 is 0 Å². The van der Waals surface area contributed by atoms with Crippen LogP contribution in [0.5, 0.6) is 0 Å². The van der Waals surface area contributed by atoms with Crippen molar-refractivity contribution in [3.63, 3.8) is 0 Å². The predicted octanol–water partition coefficient (Wildman–Crippen LogP) is 6.30. The second kappa shape index (κ2) is 6.58. The number of benzene rings is 2. The highest BCUT2D eigenvalue weighted by molar-refractivity contribution is 9.09. The van der Waals surface area contributed by atoms with E-state index in [4.69, 9.17) is 0 Å². The molecule has 0 nitrogen and oxygen atoms in total. The smallest absolute Gasteiger partial charge is 0.0649 e. The molecule has 2 atom stereocenters. The fraction of sp³-hybridized carbons (Fsp3) is 0.368. The van der Waals surface area contributed by atoms with Crippen LogP contribution < -0.4 is 0 Å². The molecule has 0 N–H and O–H groups in total. The highest BCUT2D eigenvalue weighted by Crippen LogP contribution is 2.35. The van der Waals surface area contributed by atoms with E-state index in [1.54, 1.807) is 0 Å². The summed E-state index contributed by atoms with van der Waals surface area (Å²) in [4.78, 5) is 0.273. The van der Waals surface area contributed by atoms with Crippen LogP contribution in [-0.4, -0.2) is 0 Å². The Morgan fingerprint density at radius 2 is 1.40 bits per heavy atom. The maximum Gasteiger partial charge on any atom is 0.0649 e. The van der Waals surface area contributed by atoms with Crippen molar-refractivity contribution >= 4 is 15.9 Å². The first-order valence-electron chi connectivity index (χ1n) is 7.34. The predicted molar refractivity (Wildman–Crippen MR) is 91.8 cm³/mol. The lowest BCUT2D eigenvalue weighted by Gasteiger charge is -2.17. The lowest BCUT2D eigenvalue weighted by molar-refractivity contribution is 0.733. The van der Waals surface area contributed by atoms with Gasteiger partial charge in [-0.15, -0.1) is 0 Å². The van der Waals surface area contributed by atoms with Gasteiger partial charge in [0.2, 0.25) is 0 Å². The summed E-state index contributed by atoms with van der Waals surface area (Å²) in [5.41, 5.74) is 6.84. The minimum atomic E-state index is 0.273. The van der Waals surface area contributed by atoms with Crippen LogP contribution in [0.15, 0.2) is 42.5 Å². The Morgan fingerprint density at radius 3 is 1.90 bits per heavy atom. The van der Waals surface area contributed by atoms with Gasteiger partial charge in [-0.1, -0.05) is 72.2 Å². The number of rotatable bonds is 4. The average Bonchev–Trinajstić information content (AvgIpc) is 2.46. The average molecular weight is 331 g/mol. The number of aryl methyl sites for hydroxylation is 2. The third-order valence-corrected chi connectivity index (χ3v) is 5.19. The minimum Gasteiger partial charge on any atom is -0.0786 e. The molecule has 106 valence electrons. The molecule has 0 spiro atoms. The molecule has 1 heteroatoms. The summed E-state index contributed by atoms with van der Waals surface area (Å²) < 4.78 is 0. The van der Waals surface area contributed by atoms with Gasteiger partial charge >= 0.3 is 0 Å². The largest absolute Gasteiger partial charge is 0.0786 e. The fourth-order valence-corrected chi connectivity index (χ4v) is 3.65. The van der Waals surface area contributed by atoms with Gasteiger partial charge in [-0.25, -0.2) is 0 Å². The number of alkyl halides is 1. The van der Waals surface area contributed by atoms with Crippen molar-refractivity contribution in [3.8, 4) is 0 Å². The van der Waals surface area contributed by atoms with Crippen molar-refractivity contribution in [2.45, 2.75) is 44.9 Å². The molecule has 0 aliphatic heterocycles. The molecule has 0 fully saturated rings. The first kappa shape index (κ1) is 15.3. The minimum absolute atomic E-state index is 0.273. The Hall–Kier alpha value is -1.08. The van der Waals surface area contributed by atoms with E-state index in [1.165, 1.54) is 34.2 Å². The van der Waals surface area contributed by atoms with E-state index in [2.05, 4.69) is 86.1 Å². The van der Waals surface area contributed by atoms with Crippen molar-refractivity contribution in [3.05, 3.63) is 70.3 Å². The number of hydrogen-bond acceptors (Lipinski definition) is 0. The molecule has 0 saturated heterocycles. The molecule has 0 heterocycles. The van der Waals surface area contributed by atoms with Gasteiger partial charge in [0.15, 0.2) is 0 Å². The first-order valence-corrected chi connectivity index (χ1v) is 8.26. The Kier molecular flexibility index (Phi) is 5.04. The van der Waals surface area contributed by atoms with E-state index in [1.807, 2.05) is 0 Å². The molecule has 0 saturated carbocycles. The second-order valence-electron chi connectivity index (χ2n) is 5.64. The number of hydrogen-bond donors (Lipinski definition) is 0. The van der Waals surface area contributed by atoms with E-state index in [9.17, 15) is 0 Å². The Bertz CT molecular complexity index is 549. The second-order valence-corrected chi connectivity index (χ2v) is 6.56. The third-order valence-electron chi connectivity index (χ3n) is 4.21. The third kappa shape index (κ3) is 3.15. The van der Waals surface area contributed by atoms with Crippen LogP contribution in [0, 0.1) is 13.8 Å². The van der Waals surface area contributed by atoms with Gasteiger partial charge in [0.25, 0.3) is 0 Å². The molecule has 0 radical (unpaired) electrons. The monoisotopic (exact) mass is 330 g/mol. The fourth-order valence-electron chi connectivity index (χ4n) is 2.62. The summed E-state index contributed by atoms with van der Waals surface area (Å²) in [7, 11) is 0. The molecule has 0 aliphatic rings. The van der Waals surface area contributed by atoms with E-state index in [-0.39, 0.29) is 4.83 Å². The molecule has 2 unspecified atom stereocenters. The van der Waals surface area contributed by atoms with Crippen molar-refractivity contribution in [1.82, 2.24) is 0 Å². The van der Waals surface area contributed by atoms with Crippen LogP contribution in [-0.2, 0) is 0 Å². The van der Waals surface area contributed by atoms with Crippen molar-refractivity contribution in [1.29, 1.82) is 0 Å². The molecule has 0 aromatic heterocycles. The molecule has 2 rings (SSSR count). The van der Waals surface area contributed by atoms with Crippen molar-refractivity contribution in [2.24, 2.45) is 0 Å². The topological polar surface area (TPSA) is 0 Å². The molecule has 2 aromatic carbocycles. The summed E-state index contributed by atoms with van der Waals surface area (Å²) in [6.45, 7) is 8.89. The van der Waals surface area contributed by atoms with Gasteiger partial charge in [-0.05, 0) is 54.0 Å². The van der Waals surface area contributed by atoms with Gasteiger partial charge < -0.3 is 0 Å². The van der Waals surface area contributed by atoms with Gasteiger partial charge in [-0.2, -0.15) is 0 Å². The van der Waals surface area contributed by atoms with Crippen LogP contribution in [0.3, 0.4) is 0 Å². The maximum absolute atomic E-state index is 3.87. The van der Waals surface area contributed by atoms with Crippen LogP contribution in [0.4, 0.5) is 0 Å². The standard InChI is InChI=1S/C19H23Br/c1-5-13(2)16-9-11-17(12-10-16)19(20)18-14(3)7-6-8-15(18)4/h6-13,19H,5H2,1-4H3. The Labute approximate surface area is 131 Å². The van der Waals surface area contributed by atoms with Crippen LogP contribution in [0.25, 0.3) is 0 Å². The molecule has 0 bridgehead atoms. The highest BCUT2D eigenvalue weighted by atomic mass is 79.9. The zero-order chi connectivity index (χ0) is 14.7. The summed E-state index contributed by atoms with van der Waals surface area (Å²) >= 11 is 3.87. The SMILES string of the molecule is CCC(C)c1ccc(C(Br)c2c(C)cccc2C)cc1. The van der Waals surface area contributed by atoms with Gasteiger partial charge in [0.1, 0.15) is 0 Å². The summed E-state index contributed by atoms with van der Waals surface area (Å²) in [6.07, 6.45) is 1.19. The Balaban J connectivity index is 2.32. The quantitative estimate of drug-likeness (QED) is 0.577. The lowest BCUT2D eigenvalue weighted by atomic mass is 9.93. The van der Waals surface area contributed by atoms with E-state index in [0.29, 0.717) is 5.92 Å². The van der Waals surface area contributed by atoms with Crippen LogP contribution in [0.2, 0.25) is 0 Å². The first-order chi connectivity index (χ1) is 9.54. The van der Waals surface area contributed by atoms with Crippen LogP contribution in [0.1, 0.15) is 58.8 Å². The van der Waals surface area contributed by atoms with Crippen LogP contribution >= 0.6 is 15.9 Å². The van der Waals surface area contributed by atoms with Gasteiger partial charge in [0.05, 0.1) is 4.83 Å². The Morgan fingerprint density at radius 1 is 0.900 bits per heavy atom. The molecular weight excluding hydrogens is 308 g/mol. The van der Waals surface area contributed by atoms with Gasteiger partial charge in [-0.3, -0.25) is 0 Å². The highest BCUT2D eigenvalue weighted by Gasteiger charge is 2.15. The molecule has 0 aliphatic carbocycles.